The first kappa shape index (κ1) is 13.6. The minimum Gasteiger partial charge on any atom is -0.395 e. The predicted molar refractivity (Wildman–Crippen MR) is 62.4 cm³/mol. The zero-order chi connectivity index (χ0) is 12.2. The van der Waals surface area contributed by atoms with Crippen molar-refractivity contribution >= 4 is 26.0 Å². The second kappa shape index (κ2) is 5.74. The number of halogens is 1. The number of aliphatic hydroxyl groups excluding tert-OH is 2. The molecule has 1 aromatic carbocycles. The van der Waals surface area contributed by atoms with Gasteiger partial charge in [0.15, 0.2) is 0 Å². The van der Waals surface area contributed by atoms with Crippen LogP contribution in [-0.4, -0.2) is 37.9 Å². The van der Waals surface area contributed by atoms with Crippen molar-refractivity contribution in [3.05, 3.63) is 28.7 Å². The Kier molecular flexibility index (Phi) is 4.88. The highest BCUT2D eigenvalue weighted by Crippen LogP contribution is 2.20. The molecule has 7 heteroatoms. The van der Waals surface area contributed by atoms with Crippen LogP contribution in [0.5, 0.6) is 0 Å². The number of rotatable bonds is 5. The molecule has 0 saturated carbocycles. The van der Waals surface area contributed by atoms with Gasteiger partial charge in [-0.05, 0) is 28.1 Å². The maximum atomic E-state index is 11.8. The van der Waals surface area contributed by atoms with Crippen molar-refractivity contribution < 1.29 is 18.6 Å². The lowest BCUT2D eigenvalue weighted by molar-refractivity contribution is 0.185. The molecule has 0 aliphatic carbocycles. The number of hydrogen-bond donors (Lipinski definition) is 3. The van der Waals surface area contributed by atoms with Crippen LogP contribution in [-0.2, 0) is 10.0 Å². The van der Waals surface area contributed by atoms with E-state index in [4.69, 9.17) is 10.2 Å². The smallest absolute Gasteiger partial charge is 0.242 e. The Bertz CT molecular complexity index is 445. The highest BCUT2D eigenvalue weighted by molar-refractivity contribution is 9.10. The van der Waals surface area contributed by atoms with Gasteiger partial charge in [-0.3, -0.25) is 0 Å². The molecule has 0 atom stereocenters. The molecule has 0 heterocycles. The van der Waals surface area contributed by atoms with Gasteiger partial charge in [-0.25, -0.2) is 13.1 Å². The molecular formula is C9H12BrNO4S. The number of nitrogens with one attached hydrogen (secondary N) is 1. The monoisotopic (exact) mass is 309 g/mol. The number of sulfonamides is 1. The van der Waals surface area contributed by atoms with Crippen LogP contribution in [0.25, 0.3) is 0 Å². The van der Waals surface area contributed by atoms with Crippen LogP contribution < -0.4 is 4.72 Å². The summed E-state index contributed by atoms with van der Waals surface area (Å²) >= 11 is 3.12. The third-order valence-corrected chi connectivity index (χ3v) is 4.42. The summed E-state index contributed by atoms with van der Waals surface area (Å²) in [7, 11) is -3.73. The van der Waals surface area contributed by atoms with E-state index in [-0.39, 0.29) is 4.90 Å². The highest BCUT2D eigenvalue weighted by atomic mass is 79.9. The van der Waals surface area contributed by atoms with Gasteiger partial charge in [0.25, 0.3) is 0 Å². The second-order valence-electron chi connectivity index (χ2n) is 3.11. The normalized spacial score (nSPS) is 12.0. The van der Waals surface area contributed by atoms with E-state index < -0.39 is 29.3 Å². The topological polar surface area (TPSA) is 86.6 Å². The molecule has 16 heavy (non-hydrogen) atoms. The average molecular weight is 310 g/mol. The summed E-state index contributed by atoms with van der Waals surface area (Å²) in [5, 5.41) is 17.6. The Balaban J connectivity index is 2.99. The quantitative estimate of drug-likeness (QED) is 0.719. The highest BCUT2D eigenvalue weighted by Gasteiger charge is 2.20. The van der Waals surface area contributed by atoms with Gasteiger partial charge in [0.05, 0.1) is 24.2 Å². The van der Waals surface area contributed by atoms with Crippen LogP contribution in [0.4, 0.5) is 0 Å². The molecule has 0 unspecified atom stereocenters. The van der Waals surface area contributed by atoms with Crippen LogP contribution in [0.3, 0.4) is 0 Å². The lowest BCUT2D eigenvalue weighted by Crippen LogP contribution is -2.40. The maximum absolute atomic E-state index is 11.8. The maximum Gasteiger partial charge on any atom is 0.242 e. The van der Waals surface area contributed by atoms with E-state index in [1.165, 1.54) is 6.07 Å². The zero-order valence-corrected chi connectivity index (χ0v) is 10.7. The molecule has 5 nitrogen and oxygen atoms in total. The van der Waals surface area contributed by atoms with Crippen molar-refractivity contribution in [2.75, 3.05) is 13.2 Å². The molecule has 0 amide bonds. The van der Waals surface area contributed by atoms with Crippen LogP contribution >= 0.6 is 15.9 Å². The van der Waals surface area contributed by atoms with E-state index in [0.717, 1.165) is 0 Å². The average Bonchev–Trinajstić information content (AvgIpc) is 2.26. The van der Waals surface area contributed by atoms with Crippen LogP contribution in [0, 0.1) is 0 Å². The van der Waals surface area contributed by atoms with E-state index in [1.807, 2.05) is 0 Å². The summed E-state index contributed by atoms with van der Waals surface area (Å²) in [6, 6.07) is 5.42. The molecule has 0 aliphatic heterocycles. The van der Waals surface area contributed by atoms with E-state index in [2.05, 4.69) is 20.7 Å². The summed E-state index contributed by atoms with van der Waals surface area (Å²) in [5.74, 6) is 0. The van der Waals surface area contributed by atoms with Gasteiger partial charge in [-0.2, -0.15) is 0 Å². The summed E-state index contributed by atoms with van der Waals surface area (Å²) in [6.07, 6.45) is 0. The van der Waals surface area contributed by atoms with Gasteiger partial charge in [0, 0.05) is 4.47 Å². The number of benzene rings is 1. The van der Waals surface area contributed by atoms with Crippen LogP contribution in [0.15, 0.2) is 33.6 Å². The van der Waals surface area contributed by atoms with Crippen molar-refractivity contribution in [3.8, 4) is 0 Å². The third-order valence-electron chi connectivity index (χ3n) is 1.89. The van der Waals surface area contributed by atoms with Gasteiger partial charge in [-0.15, -0.1) is 0 Å². The van der Waals surface area contributed by atoms with E-state index in [1.54, 1.807) is 18.2 Å². The van der Waals surface area contributed by atoms with Crippen molar-refractivity contribution in [2.24, 2.45) is 0 Å². The molecule has 0 saturated heterocycles. The molecule has 0 spiro atoms. The summed E-state index contributed by atoms with van der Waals surface area (Å²) < 4.78 is 26.3. The van der Waals surface area contributed by atoms with E-state index in [9.17, 15) is 8.42 Å². The van der Waals surface area contributed by atoms with E-state index in [0.29, 0.717) is 4.47 Å². The second-order valence-corrected chi connectivity index (χ2v) is 5.65. The van der Waals surface area contributed by atoms with Gasteiger partial charge in [0.1, 0.15) is 0 Å². The number of hydrogen-bond acceptors (Lipinski definition) is 4. The van der Waals surface area contributed by atoms with Crippen molar-refractivity contribution in [1.82, 2.24) is 4.72 Å². The minimum absolute atomic E-state index is 0.0712. The largest absolute Gasteiger partial charge is 0.395 e. The molecule has 1 rings (SSSR count). The van der Waals surface area contributed by atoms with Crippen LogP contribution in [0.1, 0.15) is 0 Å². The van der Waals surface area contributed by atoms with Crippen LogP contribution in [0.2, 0.25) is 0 Å². The summed E-state index contributed by atoms with van der Waals surface area (Å²) in [4.78, 5) is 0.0712. The summed E-state index contributed by atoms with van der Waals surface area (Å²) in [6.45, 7) is -0.916. The lowest BCUT2D eigenvalue weighted by atomic mass is 10.4. The van der Waals surface area contributed by atoms with Crippen molar-refractivity contribution in [3.63, 3.8) is 0 Å². The van der Waals surface area contributed by atoms with Crippen molar-refractivity contribution in [1.29, 1.82) is 0 Å². The molecule has 0 radical (unpaired) electrons. The van der Waals surface area contributed by atoms with Gasteiger partial charge in [0.2, 0.25) is 10.0 Å². The lowest BCUT2D eigenvalue weighted by Gasteiger charge is -2.14. The van der Waals surface area contributed by atoms with E-state index >= 15 is 0 Å². The fraction of sp³-hybridized carbons (Fsp3) is 0.333. The summed E-state index contributed by atoms with van der Waals surface area (Å²) in [5.41, 5.74) is 0. The standard InChI is InChI=1S/C9H12BrNO4S/c10-8-3-1-2-4-9(8)16(14,15)11-7(5-12)6-13/h1-4,7,11-13H,5-6H2. The van der Waals surface area contributed by atoms with Gasteiger partial charge in [-0.1, -0.05) is 12.1 Å². The molecular weight excluding hydrogens is 298 g/mol. The predicted octanol–water partition coefficient (Wildman–Crippen LogP) is 0.0806. The molecule has 0 fully saturated rings. The fourth-order valence-corrected chi connectivity index (χ4v) is 3.30. The fourth-order valence-electron chi connectivity index (χ4n) is 1.08. The molecule has 0 aliphatic rings. The van der Waals surface area contributed by atoms with Gasteiger partial charge >= 0.3 is 0 Å². The zero-order valence-electron chi connectivity index (χ0n) is 8.30. The number of aliphatic hydroxyl groups is 2. The Morgan fingerprint density at radius 1 is 1.25 bits per heavy atom. The minimum atomic E-state index is -3.73. The molecule has 3 N–H and O–H groups in total. The SMILES string of the molecule is O=S(=O)(NC(CO)CO)c1ccccc1Br. The van der Waals surface area contributed by atoms with Crippen molar-refractivity contribution in [2.45, 2.75) is 10.9 Å². The first-order valence-corrected chi connectivity index (χ1v) is 6.77. The Hall–Kier alpha value is -0.470. The molecule has 90 valence electrons. The Morgan fingerprint density at radius 2 is 1.81 bits per heavy atom. The van der Waals surface area contributed by atoms with Gasteiger partial charge < -0.3 is 10.2 Å². The molecule has 1 aromatic rings. The third kappa shape index (κ3) is 3.26. The Morgan fingerprint density at radius 3 is 2.31 bits per heavy atom. The molecule has 0 bridgehead atoms. The molecule has 0 aromatic heterocycles. The first-order chi connectivity index (χ1) is 7.51. The first-order valence-electron chi connectivity index (χ1n) is 4.50. The Labute approximate surface area is 102 Å².